The Morgan fingerprint density at radius 3 is 2.93 bits per heavy atom. The summed E-state index contributed by atoms with van der Waals surface area (Å²) in [4.78, 5) is 22.9. The Morgan fingerprint density at radius 2 is 2.11 bits per heavy atom. The van der Waals surface area contributed by atoms with Crippen molar-refractivity contribution in [2.75, 3.05) is 0 Å². The average molecular weight is 409 g/mol. The molecule has 3 heterocycles. The van der Waals surface area contributed by atoms with E-state index in [4.69, 9.17) is 11.6 Å². The summed E-state index contributed by atoms with van der Waals surface area (Å²) in [6, 6.07) is 13.6. The predicted molar refractivity (Wildman–Crippen MR) is 114 cm³/mol. The molecule has 0 saturated carbocycles. The second kappa shape index (κ2) is 7.96. The first-order valence-electron chi connectivity index (χ1n) is 8.68. The van der Waals surface area contributed by atoms with Crippen LogP contribution in [0.4, 0.5) is 0 Å². The zero-order chi connectivity index (χ0) is 19.5. The molecule has 0 radical (unpaired) electrons. The Balaban J connectivity index is 1.40. The van der Waals surface area contributed by atoms with Crippen LogP contribution in [0, 0.1) is 0 Å². The number of imidazole rings is 1. The highest BCUT2D eigenvalue weighted by atomic mass is 35.5. The number of benzene rings is 1. The van der Waals surface area contributed by atoms with Gasteiger partial charge in [0.05, 0.1) is 23.8 Å². The second-order valence-electron chi connectivity index (χ2n) is 6.18. The number of carbonyl (C=O) groups is 1. The number of amides is 1. The minimum Gasteiger partial charge on any atom is -0.345 e. The molecule has 1 amide bonds. The maximum absolute atomic E-state index is 12.2. The van der Waals surface area contributed by atoms with Crippen LogP contribution in [-0.2, 0) is 18.4 Å². The van der Waals surface area contributed by atoms with Gasteiger partial charge in [-0.15, -0.1) is 11.3 Å². The van der Waals surface area contributed by atoms with Crippen molar-refractivity contribution in [2.45, 2.75) is 6.54 Å². The first-order valence-corrected chi connectivity index (χ1v) is 9.87. The maximum Gasteiger partial charge on any atom is 0.244 e. The molecule has 0 aliphatic rings. The van der Waals surface area contributed by atoms with Gasteiger partial charge in [-0.05, 0) is 30.3 Å². The topological polar surface area (TPSA) is 59.8 Å². The molecular formula is C21H17ClN4OS. The summed E-state index contributed by atoms with van der Waals surface area (Å²) in [6.45, 7) is 0.351. The van der Waals surface area contributed by atoms with E-state index in [2.05, 4.69) is 15.3 Å². The highest BCUT2D eigenvalue weighted by Gasteiger charge is 2.08. The van der Waals surface area contributed by atoms with E-state index >= 15 is 0 Å². The van der Waals surface area contributed by atoms with Crippen molar-refractivity contribution in [3.63, 3.8) is 0 Å². The van der Waals surface area contributed by atoms with Crippen LogP contribution < -0.4 is 5.32 Å². The lowest BCUT2D eigenvalue weighted by Crippen LogP contribution is -2.22. The zero-order valence-corrected chi connectivity index (χ0v) is 16.7. The maximum atomic E-state index is 12.2. The van der Waals surface area contributed by atoms with E-state index in [1.54, 1.807) is 29.8 Å². The van der Waals surface area contributed by atoms with E-state index in [1.807, 2.05) is 54.1 Å². The number of carbonyl (C=O) groups excluding carboxylic acids is 1. The molecule has 0 unspecified atom stereocenters. The predicted octanol–water partition coefficient (Wildman–Crippen LogP) is 4.68. The van der Waals surface area contributed by atoms with Crippen molar-refractivity contribution < 1.29 is 4.79 Å². The number of pyridine rings is 1. The molecule has 0 atom stereocenters. The largest absolute Gasteiger partial charge is 0.345 e. The number of nitrogens with zero attached hydrogens (tertiary/aromatic N) is 3. The van der Waals surface area contributed by atoms with Crippen LogP contribution in [0.1, 0.15) is 10.7 Å². The van der Waals surface area contributed by atoms with E-state index in [0.29, 0.717) is 6.54 Å². The van der Waals surface area contributed by atoms with Crippen LogP contribution in [0.5, 0.6) is 0 Å². The average Bonchev–Trinajstić information content (AvgIpc) is 3.30. The van der Waals surface area contributed by atoms with Gasteiger partial charge in [-0.2, -0.15) is 0 Å². The molecule has 140 valence electrons. The summed E-state index contributed by atoms with van der Waals surface area (Å²) in [5.74, 6) is 0.611. The molecule has 0 aliphatic heterocycles. The summed E-state index contributed by atoms with van der Waals surface area (Å²) in [7, 11) is 1.91. The lowest BCUT2D eigenvalue weighted by atomic mass is 10.2. The highest BCUT2D eigenvalue weighted by Crippen LogP contribution is 2.33. The van der Waals surface area contributed by atoms with Crippen LogP contribution in [0.15, 0.2) is 60.9 Å². The van der Waals surface area contributed by atoms with Crippen molar-refractivity contribution in [2.24, 2.45) is 7.05 Å². The normalized spacial score (nSPS) is 11.4. The molecule has 5 nitrogen and oxygen atoms in total. The van der Waals surface area contributed by atoms with Gasteiger partial charge in [0.1, 0.15) is 5.82 Å². The van der Waals surface area contributed by atoms with Gasteiger partial charge in [0.25, 0.3) is 0 Å². The summed E-state index contributed by atoms with van der Waals surface area (Å²) < 4.78 is 1.93. The van der Waals surface area contributed by atoms with Crippen molar-refractivity contribution in [3.8, 4) is 10.4 Å². The number of thiophene rings is 1. The van der Waals surface area contributed by atoms with E-state index < -0.39 is 0 Å². The van der Waals surface area contributed by atoms with Crippen molar-refractivity contribution in [3.05, 3.63) is 76.7 Å². The van der Waals surface area contributed by atoms with Crippen molar-refractivity contribution in [1.29, 1.82) is 0 Å². The van der Waals surface area contributed by atoms with Crippen LogP contribution >= 0.6 is 22.9 Å². The third-order valence-electron chi connectivity index (χ3n) is 4.36. The van der Waals surface area contributed by atoms with Gasteiger partial charge >= 0.3 is 0 Å². The van der Waals surface area contributed by atoms with Gasteiger partial charge in [-0.1, -0.05) is 29.8 Å². The SMILES string of the molecule is Cn1c(CNC(=O)/C=C/c2ccc(-c3ccccc3Cl)s2)nc2ccncc21. The summed E-state index contributed by atoms with van der Waals surface area (Å²) in [5.41, 5.74) is 2.80. The molecule has 1 aromatic carbocycles. The third kappa shape index (κ3) is 3.83. The molecule has 7 heteroatoms. The molecule has 4 rings (SSSR count). The van der Waals surface area contributed by atoms with E-state index in [1.165, 1.54) is 6.08 Å². The summed E-state index contributed by atoms with van der Waals surface area (Å²) >= 11 is 7.84. The van der Waals surface area contributed by atoms with Crippen LogP contribution in [0.3, 0.4) is 0 Å². The van der Waals surface area contributed by atoms with Crippen molar-refractivity contribution in [1.82, 2.24) is 19.9 Å². The molecule has 1 N–H and O–H groups in total. The molecule has 4 aromatic rings. The van der Waals surface area contributed by atoms with Crippen LogP contribution in [-0.4, -0.2) is 20.4 Å². The highest BCUT2D eigenvalue weighted by molar-refractivity contribution is 7.16. The monoisotopic (exact) mass is 408 g/mol. The number of nitrogens with one attached hydrogen (secondary N) is 1. The lowest BCUT2D eigenvalue weighted by Gasteiger charge is -2.02. The fourth-order valence-corrected chi connectivity index (χ4v) is 4.12. The molecule has 3 aromatic heterocycles. The number of aromatic nitrogens is 3. The Hall–Kier alpha value is -2.96. The number of aryl methyl sites for hydroxylation is 1. The fourth-order valence-electron chi connectivity index (χ4n) is 2.87. The third-order valence-corrected chi connectivity index (χ3v) is 5.77. The first kappa shape index (κ1) is 18.4. The van der Waals surface area contributed by atoms with Gasteiger partial charge in [0, 0.05) is 39.7 Å². The Kier molecular flexibility index (Phi) is 5.23. The Bertz CT molecular complexity index is 1180. The second-order valence-corrected chi connectivity index (χ2v) is 7.71. The zero-order valence-electron chi connectivity index (χ0n) is 15.1. The van der Waals surface area contributed by atoms with Crippen LogP contribution in [0.2, 0.25) is 5.02 Å². The molecule has 0 bridgehead atoms. The number of hydrogen-bond acceptors (Lipinski definition) is 4. The van der Waals surface area contributed by atoms with Gasteiger partial charge in [0.15, 0.2) is 0 Å². The molecular weight excluding hydrogens is 392 g/mol. The van der Waals surface area contributed by atoms with Gasteiger partial charge in [-0.25, -0.2) is 4.98 Å². The smallest absolute Gasteiger partial charge is 0.244 e. The molecule has 0 spiro atoms. The number of hydrogen-bond donors (Lipinski definition) is 1. The van der Waals surface area contributed by atoms with Gasteiger partial charge in [-0.3, -0.25) is 9.78 Å². The minimum atomic E-state index is -0.169. The quantitative estimate of drug-likeness (QED) is 0.488. The summed E-state index contributed by atoms with van der Waals surface area (Å²) in [6.07, 6.45) is 6.81. The first-order chi connectivity index (χ1) is 13.6. The minimum absolute atomic E-state index is 0.169. The van der Waals surface area contributed by atoms with E-state index in [-0.39, 0.29) is 5.91 Å². The van der Waals surface area contributed by atoms with Gasteiger partial charge < -0.3 is 9.88 Å². The number of fused-ring (bicyclic) bond motifs is 1. The van der Waals surface area contributed by atoms with Gasteiger partial charge in [0.2, 0.25) is 5.91 Å². The molecule has 0 aliphatic carbocycles. The lowest BCUT2D eigenvalue weighted by molar-refractivity contribution is -0.116. The molecule has 28 heavy (non-hydrogen) atoms. The number of rotatable bonds is 5. The Labute approximate surface area is 171 Å². The molecule has 0 fully saturated rings. The molecule has 0 saturated heterocycles. The van der Waals surface area contributed by atoms with Crippen LogP contribution in [0.25, 0.3) is 27.6 Å². The number of halogens is 1. The van der Waals surface area contributed by atoms with Crippen molar-refractivity contribution >= 4 is 46.0 Å². The fraction of sp³-hybridized carbons (Fsp3) is 0.0952. The van der Waals surface area contributed by atoms with E-state index in [0.717, 1.165) is 37.2 Å². The Morgan fingerprint density at radius 1 is 1.25 bits per heavy atom. The summed E-state index contributed by atoms with van der Waals surface area (Å²) in [5, 5.41) is 3.59. The standard InChI is InChI=1S/C21H17ClN4OS/c1-26-18-12-23-11-10-17(18)25-20(26)13-24-21(27)9-7-14-6-8-19(28-14)15-4-2-3-5-16(15)22/h2-12H,13H2,1H3,(H,24,27)/b9-7+. The van der Waals surface area contributed by atoms with E-state index in [9.17, 15) is 4.79 Å².